The Hall–Kier alpha value is -1.96. The van der Waals surface area contributed by atoms with E-state index < -0.39 is 47.5 Å². The lowest BCUT2D eigenvalue weighted by Gasteiger charge is -2.32. The first-order valence-corrected chi connectivity index (χ1v) is 4.88. The molecule has 6 nitrogen and oxygen atoms in total. The molecule has 0 unspecified atom stereocenters. The Labute approximate surface area is 112 Å². The van der Waals surface area contributed by atoms with Gasteiger partial charge in [0.2, 0.25) is 5.75 Å². The highest BCUT2D eigenvalue weighted by atomic mass is 35.5. The van der Waals surface area contributed by atoms with Crippen LogP contribution in [0.4, 0.5) is 13.6 Å². The van der Waals surface area contributed by atoms with Gasteiger partial charge in [-0.3, -0.25) is 0 Å². The molecule has 1 aromatic rings. The van der Waals surface area contributed by atoms with Crippen LogP contribution < -0.4 is 5.32 Å². The van der Waals surface area contributed by atoms with Crippen LogP contribution >= 0.6 is 12.4 Å². The molecule has 1 aliphatic heterocycles. The zero-order chi connectivity index (χ0) is 13.5. The third-order valence-electron chi connectivity index (χ3n) is 2.55. The standard InChI is InChI=1S/C10H9F2NO5.ClH/c11-10(12)3-18-9(17)13-8(10)4-1-2-5(14)7(16)6(4)15;/h1-2,8,14-16H,3H2,(H,13,17);1H/t8-;/m1./s1. The fourth-order valence-electron chi connectivity index (χ4n) is 1.63. The van der Waals surface area contributed by atoms with E-state index in [-0.39, 0.29) is 12.4 Å². The molecule has 0 radical (unpaired) electrons. The summed E-state index contributed by atoms with van der Waals surface area (Å²) < 4.78 is 31.2. The number of phenols is 3. The highest BCUT2D eigenvalue weighted by Crippen LogP contribution is 2.44. The first-order valence-electron chi connectivity index (χ1n) is 4.88. The van der Waals surface area contributed by atoms with Crippen LogP contribution in [0.15, 0.2) is 12.1 Å². The number of cyclic esters (lactones) is 1. The van der Waals surface area contributed by atoms with Crippen LogP contribution in [0.5, 0.6) is 17.2 Å². The van der Waals surface area contributed by atoms with Crippen LogP contribution in [-0.2, 0) is 4.74 Å². The number of alkyl halides is 2. The number of amides is 1. The molecule has 1 aromatic carbocycles. The Morgan fingerprint density at radius 1 is 1.26 bits per heavy atom. The summed E-state index contributed by atoms with van der Waals surface area (Å²) in [6.07, 6.45) is -1.06. The topological polar surface area (TPSA) is 99.0 Å². The van der Waals surface area contributed by atoms with Crippen LogP contribution in [0.2, 0.25) is 0 Å². The molecule has 0 aliphatic carbocycles. The van der Waals surface area contributed by atoms with Gasteiger partial charge in [-0.05, 0) is 12.1 Å². The maximum Gasteiger partial charge on any atom is 0.408 e. The van der Waals surface area contributed by atoms with Gasteiger partial charge in [0.1, 0.15) is 6.04 Å². The zero-order valence-electron chi connectivity index (χ0n) is 9.26. The highest BCUT2D eigenvalue weighted by molar-refractivity contribution is 5.85. The lowest BCUT2D eigenvalue weighted by molar-refractivity contribution is -0.104. The van der Waals surface area contributed by atoms with Gasteiger partial charge in [-0.15, -0.1) is 12.4 Å². The number of nitrogens with one attached hydrogen (secondary N) is 1. The Balaban J connectivity index is 0.00000180. The number of hydrogen-bond acceptors (Lipinski definition) is 5. The van der Waals surface area contributed by atoms with Crippen molar-refractivity contribution in [3.63, 3.8) is 0 Å². The minimum Gasteiger partial charge on any atom is -0.504 e. The van der Waals surface area contributed by atoms with E-state index in [1.807, 2.05) is 5.32 Å². The first kappa shape index (κ1) is 15.1. The van der Waals surface area contributed by atoms with E-state index in [2.05, 4.69) is 4.74 Å². The average molecular weight is 298 g/mol. The number of benzene rings is 1. The second-order valence-corrected chi connectivity index (χ2v) is 3.79. The minimum atomic E-state index is -3.45. The van der Waals surface area contributed by atoms with Gasteiger partial charge in [-0.2, -0.15) is 0 Å². The number of carbonyl (C=O) groups excluding carboxylic acids is 1. The average Bonchev–Trinajstić information content (AvgIpc) is 2.30. The summed E-state index contributed by atoms with van der Waals surface area (Å²) >= 11 is 0. The van der Waals surface area contributed by atoms with E-state index >= 15 is 0 Å². The van der Waals surface area contributed by atoms with Crippen molar-refractivity contribution in [2.24, 2.45) is 0 Å². The molecule has 0 spiro atoms. The van der Waals surface area contributed by atoms with Crippen molar-refractivity contribution in [1.82, 2.24) is 5.32 Å². The summed E-state index contributed by atoms with van der Waals surface area (Å²) in [4.78, 5) is 10.9. The Kier molecular flexibility index (Phi) is 3.94. The van der Waals surface area contributed by atoms with E-state index in [1.165, 1.54) is 0 Å². The van der Waals surface area contributed by atoms with Crippen LogP contribution in [0, 0.1) is 0 Å². The first-order chi connectivity index (χ1) is 8.33. The monoisotopic (exact) mass is 297 g/mol. The molecule has 1 fully saturated rings. The number of halogens is 3. The predicted octanol–water partition coefficient (Wildman–Crippen LogP) is 1.64. The number of ether oxygens (including phenoxy) is 1. The van der Waals surface area contributed by atoms with E-state index in [0.717, 1.165) is 12.1 Å². The Morgan fingerprint density at radius 3 is 2.53 bits per heavy atom. The van der Waals surface area contributed by atoms with Gasteiger partial charge < -0.3 is 25.4 Å². The van der Waals surface area contributed by atoms with Crippen LogP contribution in [0.3, 0.4) is 0 Å². The Morgan fingerprint density at radius 2 is 1.89 bits per heavy atom. The summed E-state index contributed by atoms with van der Waals surface area (Å²) in [5, 5.41) is 29.7. The molecule has 2 rings (SSSR count). The van der Waals surface area contributed by atoms with E-state index in [4.69, 9.17) is 5.11 Å². The SMILES string of the molecule is Cl.O=C1N[C@H](c2ccc(O)c(O)c2O)C(F)(F)CO1. The highest BCUT2D eigenvalue weighted by Gasteiger charge is 2.48. The van der Waals surface area contributed by atoms with Gasteiger partial charge in [-0.25, -0.2) is 13.6 Å². The van der Waals surface area contributed by atoms with Gasteiger partial charge in [0.25, 0.3) is 0 Å². The number of rotatable bonds is 1. The Bertz CT molecular complexity index is 511. The predicted molar refractivity (Wildman–Crippen MR) is 60.9 cm³/mol. The van der Waals surface area contributed by atoms with Crippen molar-refractivity contribution < 1.29 is 33.6 Å². The van der Waals surface area contributed by atoms with Crippen molar-refractivity contribution in [2.75, 3.05) is 6.61 Å². The van der Waals surface area contributed by atoms with Gasteiger partial charge >= 0.3 is 12.0 Å². The quantitative estimate of drug-likeness (QED) is 0.591. The molecule has 1 atom stereocenters. The molecular formula is C10H10ClF2NO5. The number of alkyl carbamates (subject to hydrolysis) is 1. The molecular weight excluding hydrogens is 288 g/mol. The summed E-state index contributed by atoms with van der Waals surface area (Å²) in [6, 6.07) is 0.0710. The van der Waals surface area contributed by atoms with E-state index in [0.29, 0.717) is 0 Å². The molecule has 19 heavy (non-hydrogen) atoms. The maximum absolute atomic E-state index is 13.5. The van der Waals surface area contributed by atoms with Crippen molar-refractivity contribution in [1.29, 1.82) is 0 Å². The van der Waals surface area contributed by atoms with Crippen LogP contribution in [0.1, 0.15) is 11.6 Å². The molecule has 1 amide bonds. The molecule has 0 bridgehead atoms. The second-order valence-electron chi connectivity index (χ2n) is 3.79. The molecule has 0 aromatic heterocycles. The fraction of sp³-hybridized carbons (Fsp3) is 0.300. The largest absolute Gasteiger partial charge is 0.504 e. The minimum absolute atomic E-state index is 0. The fourth-order valence-corrected chi connectivity index (χ4v) is 1.63. The summed E-state index contributed by atoms with van der Waals surface area (Å²) in [6.45, 7) is -1.13. The van der Waals surface area contributed by atoms with Crippen molar-refractivity contribution in [3.8, 4) is 17.2 Å². The zero-order valence-corrected chi connectivity index (χ0v) is 10.1. The number of phenolic OH excluding ortho intramolecular Hbond substituents is 3. The maximum atomic E-state index is 13.5. The molecule has 1 heterocycles. The van der Waals surface area contributed by atoms with Crippen LogP contribution in [0.25, 0.3) is 0 Å². The molecule has 106 valence electrons. The third kappa shape index (κ3) is 2.58. The van der Waals surface area contributed by atoms with Gasteiger partial charge in [0.05, 0.1) is 0 Å². The number of aromatic hydroxyl groups is 3. The van der Waals surface area contributed by atoms with Crippen molar-refractivity contribution in [3.05, 3.63) is 17.7 Å². The van der Waals surface area contributed by atoms with Gasteiger partial charge in [-0.1, -0.05) is 0 Å². The summed E-state index contributed by atoms with van der Waals surface area (Å²) in [5.41, 5.74) is -0.410. The molecule has 9 heteroatoms. The van der Waals surface area contributed by atoms with Gasteiger partial charge in [0, 0.05) is 5.56 Å². The van der Waals surface area contributed by atoms with E-state index in [9.17, 15) is 23.8 Å². The summed E-state index contributed by atoms with van der Waals surface area (Å²) in [7, 11) is 0. The molecule has 1 aliphatic rings. The third-order valence-corrected chi connectivity index (χ3v) is 2.55. The van der Waals surface area contributed by atoms with Gasteiger partial charge in [0.15, 0.2) is 18.1 Å². The van der Waals surface area contributed by atoms with Crippen LogP contribution in [-0.4, -0.2) is 33.9 Å². The number of carbonyl (C=O) groups is 1. The lowest BCUT2D eigenvalue weighted by atomic mass is 9.98. The van der Waals surface area contributed by atoms with E-state index in [1.54, 1.807) is 0 Å². The molecule has 4 N–H and O–H groups in total. The van der Waals surface area contributed by atoms with Crippen molar-refractivity contribution in [2.45, 2.75) is 12.0 Å². The molecule has 0 saturated carbocycles. The number of hydrogen-bond donors (Lipinski definition) is 4. The van der Waals surface area contributed by atoms with Crippen molar-refractivity contribution >= 4 is 18.5 Å². The lowest BCUT2D eigenvalue weighted by Crippen LogP contribution is -2.49. The summed E-state index contributed by atoms with van der Waals surface area (Å²) in [5.74, 6) is -5.95. The molecule has 1 saturated heterocycles. The second kappa shape index (κ2) is 4.96. The smallest absolute Gasteiger partial charge is 0.408 e. The normalized spacial score (nSPS) is 20.9.